The topological polar surface area (TPSA) is 151 Å². The first-order valence-corrected chi connectivity index (χ1v) is 13.4. The maximum atomic E-state index is 13.4. The van der Waals surface area contributed by atoms with Crippen molar-refractivity contribution in [3.05, 3.63) is 78.3 Å². The SMILES string of the molecule is NC(N)=NCCC[CH-]NC(=O)CN1CCN(S(=O)(=O)Cc2ccccc2)C(Cc2ccccc2)C1=O.[W+2]. The van der Waals surface area contributed by atoms with Crippen molar-refractivity contribution >= 4 is 27.8 Å². The number of piperazine rings is 1. The molecule has 0 aliphatic carbocycles. The molecule has 2 aromatic carbocycles. The molecule has 0 saturated carbocycles. The molecule has 1 heterocycles. The van der Waals surface area contributed by atoms with Gasteiger partial charge in [0, 0.05) is 19.6 Å². The molecular weight excluding hydrogens is 664 g/mol. The number of aliphatic imine (C=N–C) groups is 1. The summed E-state index contributed by atoms with van der Waals surface area (Å²) in [6.45, 7) is 2.16. The van der Waals surface area contributed by atoms with E-state index in [9.17, 15) is 18.0 Å². The van der Waals surface area contributed by atoms with E-state index in [0.29, 0.717) is 24.9 Å². The van der Waals surface area contributed by atoms with Gasteiger partial charge in [-0.25, -0.2) is 15.0 Å². The average molecular weight is 697 g/mol. The Balaban J connectivity index is 0.00000481. The summed E-state index contributed by atoms with van der Waals surface area (Å²) in [6, 6.07) is 17.2. The van der Waals surface area contributed by atoms with E-state index in [-0.39, 0.29) is 70.6 Å². The molecule has 1 aliphatic heterocycles. The van der Waals surface area contributed by atoms with Crippen molar-refractivity contribution in [1.82, 2.24) is 14.5 Å². The number of rotatable bonds is 12. The van der Waals surface area contributed by atoms with Crippen LogP contribution in [0.2, 0.25) is 0 Å². The fourth-order valence-corrected chi connectivity index (χ4v) is 5.70. The minimum absolute atomic E-state index is 0. The van der Waals surface area contributed by atoms with E-state index in [1.165, 1.54) is 9.21 Å². The fraction of sp³-hybridized carbons (Fsp3) is 0.360. The summed E-state index contributed by atoms with van der Waals surface area (Å²) >= 11 is 0. The van der Waals surface area contributed by atoms with Gasteiger partial charge in [0.1, 0.15) is 6.04 Å². The van der Waals surface area contributed by atoms with Gasteiger partial charge < -0.3 is 21.7 Å². The third kappa shape index (κ3) is 9.57. The van der Waals surface area contributed by atoms with Gasteiger partial charge in [0.25, 0.3) is 0 Å². The molecule has 0 bridgehead atoms. The third-order valence-corrected chi connectivity index (χ3v) is 7.60. The van der Waals surface area contributed by atoms with Gasteiger partial charge in [0.05, 0.1) is 12.3 Å². The molecule has 5 N–H and O–H groups in total. The van der Waals surface area contributed by atoms with Crippen molar-refractivity contribution in [3.63, 3.8) is 0 Å². The number of benzene rings is 2. The summed E-state index contributed by atoms with van der Waals surface area (Å²) < 4.78 is 28.0. The molecule has 0 spiro atoms. The van der Waals surface area contributed by atoms with Crippen LogP contribution < -0.4 is 16.8 Å². The van der Waals surface area contributed by atoms with E-state index < -0.39 is 16.1 Å². The molecule has 37 heavy (non-hydrogen) atoms. The molecule has 10 nitrogen and oxygen atoms in total. The van der Waals surface area contributed by atoms with E-state index in [2.05, 4.69) is 10.3 Å². The predicted molar refractivity (Wildman–Crippen MR) is 139 cm³/mol. The molecule has 0 radical (unpaired) electrons. The number of carbonyl (C=O) groups is 2. The Hall–Kier alpha value is -2.75. The zero-order valence-electron chi connectivity index (χ0n) is 20.5. The van der Waals surface area contributed by atoms with Crippen LogP contribution in [0.3, 0.4) is 0 Å². The summed E-state index contributed by atoms with van der Waals surface area (Å²) in [5.74, 6) is -0.900. The number of hydrogen-bond acceptors (Lipinski definition) is 5. The number of amides is 2. The molecule has 2 aromatic rings. The summed E-state index contributed by atoms with van der Waals surface area (Å²) in [5, 5.41) is 2.68. The average Bonchev–Trinajstić information content (AvgIpc) is 2.84. The van der Waals surface area contributed by atoms with Crippen molar-refractivity contribution in [1.29, 1.82) is 0 Å². The quantitative estimate of drug-likeness (QED) is 0.128. The Bertz CT molecular complexity index is 1140. The van der Waals surface area contributed by atoms with E-state index in [0.717, 1.165) is 5.56 Å². The number of unbranched alkanes of at least 4 members (excludes halogenated alkanes) is 1. The van der Waals surface area contributed by atoms with Gasteiger partial charge in [-0.05, 0) is 17.5 Å². The van der Waals surface area contributed by atoms with Crippen LogP contribution in [0.4, 0.5) is 0 Å². The number of carbonyl (C=O) groups excluding carboxylic acids is 2. The van der Waals surface area contributed by atoms with E-state index in [4.69, 9.17) is 11.5 Å². The molecular formula is C25H33N6O4SW+. The first-order chi connectivity index (χ1) is 17.3. The van der Waals surface area contributed by atoms with Gasteiger partial charge in [0.2, 0.25) is 21.8 Å². The number of nitrogens with two attached hydrogens (primary N) is 2. The third-order valence-electron chi connectivity index (χ3n) is 5.75. The van der Waals surface area contributed by atoms with Gasteiger partial charge in [-0.3, -0.25) is 14.6 Å². The molecule has 3 rings (SSSR count). The summed E-state index contributed by atoms with van der Waals surface area (Å²) in [5.41, 5.74) is 12.1. The Morgan fingerprint density at radius 2 is 1.65 bits per heavy atom. The number of sulfonamides is 1. The Labute approximate surface area is 232 Å². The normalized spacial score (nSPS) is 16.1. The summed E-state index contributed by atoms with van der Waals surface area (Å²) in [7, 11) is -3.77. The van der Waals surface area contributed by atoms with Crippen LogP contribution in [0.25, 0.3) is 0 Å². The van der Waals surface area contributed by atoms with Crippen LogP contribution in [0.5, 0.6) is 0 Å². The number of hydrogen-bond donors (Lipinski definition) is 3. The fourth-order valence-electron chi connectivity index (χ4n) is 4.01. The van der Waals surface area contributed by atoms with Crippen LogP contribution in [0.1, 0.15) is 24.0 Å². The molecule has 0 aromatic heterocycles. The van der Waals surface area contributed by atoms with Gasteiger partial charge in [-0.15, -0.1) is 0 Å². The maximum absolute atomic E-state index is 13.4. The van der Waals surface area contributed by atoms with Gasteiger partial charge in [-0.1, -0.05) is 67.1 Å². The molecule has 2 amide bonds. The second kappa shape index (κ2) is 14.9. The Kier molecular flexibility index (Phi) is 12.2. The van der Waals surface area contributed by atoms with Gasteiger partial charge in [0.15, 0.2) is 5.96 Å². The van der Waals surface area contributed by atoms with Crippen LogP contribution in [0.15, 0.2) is 65.7 Å². The molecule has 1 aliphatic rings. The molecule has 1 fully saturated rings. The van der Waals surface area contributed by atoms with Crippen molar-refractivity contribution < 1.29 is 39.1 Å². The van der Waals surface area contributed by atoms with E-state index >= 15 is 0 Å². The largest absolute Gasteiger partial charge is 2.00 e. The van der Waals surface area contributed by atoms with Crippen LogP contribution in [0, 0.1) is 6.54 Å². The number of nitrogens with zero attached hydrogens (tertiary/aromatic N) is 3. The summed E-state index contributed by atoms with van der Waals surface area (Å²) in [6.07, 6.45) is 1.45. The van der Waals surface area contributed by atoms with Crippen molar-refractivity contribution in [2.45, 2.75) is 31.1 Å². The molecule has 1 unspecified atom stereocenters. The number of nitrogens with one attached hydrogen (secondary N) is 1. The second-order valence-electron chi connectivity index (χ2n) is 8.54. The first kappa shape index (κ1) is 30.5. The first-order valence-electron chi connectivity index (χ1n) is 11.8. The van der Waals surface area contributed by atoms with Crippen LogP contribution in [-0.4, -0.2) is 67.6 Å². The molecule has 198 valence electrons. The maximum Gasteiger partial charge on any atom is 2.00 e. The van der Waals surface area contributed by atoms with Gasteiger partial charge in [-0.2, -0.15) is 10.7 Å². The second-order valence-corrected chi connectivity index (χ2v) is 10.5. The number of guanidine groups is 1. The Morgan fingerprint density at radius 1 is 1.03 bits per heavy atom. The standard InChI is InChI=1S/C25H33N6O4S.W/c26-25(27)29-14-8-7-13-28-23(32)18-30-15-16-31(36(34,35)19-21-11-5-2-6-12-21)22(24(30)33)17-20-9-3-1-4-10-20;/h1-6,9-13,22H,7-8,14-19H2,(H,28,32)(H4,26,27,29);/q-1;+2. The zero-order valence-corrected chi connectivity index (χ0v) is 24.3. The van der Waals surface area contributed by atoms with Crippen LogP contribution in [-0.2, 0) is 52.9 Å². The predicted octanol–water partition coefficient (Wildman–Crippen LogP) is 0.601. The van der Waals surface area contributed by atoms with Crippen molar-refractivity contribution in [2.75, 3.05) is 26.2 Å². The molecule has 1 atom stereocenters. The smallest absolute Gasteiger partial charge is 0.504 e. The minimum Gasteiger partial charge on any atom is -0.504 e. The van der Waals surface area contributed by atoms with Crippen molar-refractivity contribution in [2.24, 2.45) is 16.5 Å². The van der Waals surface area contributed by atoms with Crippen LogP contribution >= 0.6 is 0 Å². The molecule has 1 saturated heterocycles. The van der Waals surface area contributed by atoms with E-state index in [1.807, 2.05) is 36.4 Å². The zero-order chi connectivity index (χ0) is 26.0. The summed E-state index contributed by atoms with van der Waals surface area (Å²) in [4.78, 5) is 31.2. The van der Waals surface area contributed by atoms with E-state index in [1.54, 1.807) is 30.8 Å². The molecule has 12 heteroatoms. The minimum atomic E-state index is -3.77. The Morgan fingerprint density at radius 3 is 2.27 bits per heavy atom. The van der Waals surface area contributed by atoms with Gasteiger partial charge >= 0.3 is 21.1 Å². The monoisotopic (exact) mass is 697 g/mol. The van der Waals surface area contributed by atoms with Crippen molar-refractivity contribution in [3.8, 4) is 0 Å².